The highest BCUT2D eigenvalue weighted by atomic mass is 16.4. The van der Waals surface area contributed by atoms with Crippen LogP contribution in [0.15, 0.2) is 35.3 Å². The van der Waals surface area contributed by atoms with Gasteiger partial charge in [-0.1, -0.05) is 30.3 Å². The molecule has 0 radical (unpaired) electrons. The molecule has 1 saturated heterocycles. The van der Waals surface area contributed by atoms with Crippen molar-refractivity contribution < 1.29 is 29.1 Å². The van der Waals surface area contributed by atoms with E-state index in [1.165, 1.54) is 4.90 Å². The first-order valence-electron chi connectivity index (χ1n) is 12.8. The number of carboxylic acid groups (broad SMARTS) is 1. The monoisotopic (exact) mass is 546 g/mol. The molecule has 4 atom stereocenters. The molecule has 0 bridgehead atoms. The van der Waals surface area contributed by atoms with E-state index in [4.69, 9.17) is 22.9 Å². The standard InChI is InChI=1S/C25H38N8O6/c26-16(10-11-20(27)34)21(35)31-17(8-4-12-30-25(28)29)22(36)32-18(14-15-6-2-1-3-7-15)23(37)33-13-5-9-19(33)24(38)39/h1-3,6-7,16-19H,4-5,8-14,26H2,(H2,27,34)(H,31,35)(H,32,36)(H,38,39)(H4,28,29,30). The van der Waals surface area contributed by atoms with Gasteiger partial charge in [0.2, 0.25) is 23.6 Å². The van der Waals surface area contributed by atoms with Gasteiger partial charge in [0.05, 0.1) is 6.04 Å². The third kappa shape index (κ3) is 10.2. The van der Waals surface area contributed by atoms with Crippen molar-refractivity contribution >= 4 is 35.6 Å². The van der Waals surface area contributed by atoms with E-state index in [0.29, 0.717) is 19.3 Å². The minimum absolute atomic E-state index is 0.00976. The Bertz CT molecular complexity index is 1050. The summed E-state index contributed by atoms with van der Waals surface area (Å²) in [4.78, 5) is 67.5. The van der Waals surface area contributed by atoms with Gasteiger partial charge in [-0.3, -0.25) is 24.2 Å². The molecule has 0 aliphatic carbocycles. The first-order chi connectivity index (χ1) is 18.5. The number of guanidine groups is 1. The largest absolute Gasteiger partial charge is 0.480 e. The minimum atomic E-state index is -1.11. The number of nitrogens with two attached hydrogens (primary N) is 4. The molecule has 1 heterocycles. The van der Waals surface area contributed by atoms with Gasteiger partial charge in [0.15, 0.2) is 5.96 Å². The molecule has 4 amide bonds. The second kappa shape index (κ2) is 15.3. The molecule has 4 unspecified atom stereocenters. The van der Waals surface area contributed by atoms with Gasteiger partial charge >= 0.3 is 5.97 Å². The Balaban J connectivity index is 2.24. The van der Waals surface area contributed by atoms with E-state index in [0.717, 1.165) is 5.56 Å². The van der Waals surface area contributed by atoms with E-state index in [1.54, 1.807) is 24.3 Å². The van der Waals surface area contributed by atoms with Gasteiger partial charge in [-0.15, -0.1) is 0 Å². The number of benzene rings is 1. The zero-order valence-corrected chi connectivity index (χ0v) is 21.8. The molecule has 1 aliphatic rings. The summed E-state index contributed by atoms with van der Waals surface area (Å²) >= 11 is 0. The maximum atomic E-state index is 13.5. The second-order valence-electron chi connectivity index (χ2n) is 9.40. The summed E-state index contributed by atoms with van der Waals surface area (Å²) in [5.41, 5.74) is 22.4. The maximum absolute atomic E-state index is 13.5. The number of carbonyl (C=O) groups is 5. The summed E-state index contributed by atoms with van der Waals surface area (Å²) < 4.78 is 0. The summed E-state index contributed by atoms with van der Waals surface area (Å²) in [5.74, 6) is -3.71. The molecule has 214 valence electrons. The van der Waals surface area contributed by atoms with E-state index in [1.807, 2.05) is 6.07 Å². The fourth-order valence-corrected chi connectivity index (χ4v) is 4.29. The average Bonchev–Trinajstić information content (AvgIpc) is 3.39. The molecule has 1 aromatic rings. The number of nitrogens with one attached hydrogen (secondary N) is 2. The van der Waals surface area contributed by atoms with Crippen LogP contribution in [0.5, 0.6) is 0 Å². The maximum Gasteiger partial charge on any atom is 0.326 e. The average molecular weight is 547 g/mol. The molecule has 0 spiro atoms. The van der Waals surface area contributed by atoms with Crippen molar-refractivity contribution in [3.05, 3.63) is 35.9 Å². The zero-order chi connectivity index (χ0) is 28.9. The number of aliphatic imine (C=N–C) groups is 1. The van der Waals surface area contributed by atoms with Crippen molar-refractivity contribution in [1.29, 1.82) is 0 Å². The predicted octanol–water partition coefficient (Wildman–Crippen LogP) is -2.08. The topological polar surface area (TPSA) is 249 Å². The number of nitrogens with zero attached hydrogens (tertiary/aromatic N) is 2. The molecule has 11 N–H and O–H groups in total. The normalized spacial score (nSPS) is 16.9. The molecule has 2 rings (SSSR count). The van der Waals surface area contributed by atoms with Crippen molar-refractivity contribution in [3.8, 4) is 0 Å². The Morgan fingerprint density at radius 3 is 2.28 bits per heavy atom. The quantitative estimate of drug-likeness (QED) is 0.0723. The summed E-state index contributed by atoms with van der Waals surface area (Å²) in [6, 6.07) is 4.70. The lowest BCUT2D eigenvalue weighted by Gasteiger charge is -2.29. The van der Waals surface area contributed by atoms with Crippen LogP contribution in [0.4, 0.5) is 0 Å². The molecule has 0 saturated carbocycles. The van der Waals surface area contributed by atoms with Crippen LogP contribution in [0.3, 0.4) is 0 Å². The number of rotatable bonds is 15. The summed E-state index contributed by atoms with van der Waals surface area (Å²) in [6.45, 7) is 0.445. The molecule has 0 aromatic heterocycles. The number of aliphatic carboxylic acids is 1. The Morgan fingerprint density at radius 2 is 1.67 bits per heavy atom. The number of primary amides is 1. The zero-order valence-electron chi connectivity index (χ0n) is 21.8. The molecule has 1 fully saturated rings. The third-order valence-corrected chi connectivity index (χ3v) is 6.33. The van der Waals surface area contributed by atoms with Gasteiger partial charge in [-0.2, -0.15) is 0 Å². The van der Waals surface area contributed by atoms with Gasteiger partial charge < -0.3 is 43.6 Å². The first-order valence-corrected chi connectivity index (χ1v) is 12.8. The highest BCUT2D eigenvalue weighted by molar-refractivity contribution is 5.94. The van der Waals surface area contributed by atoms with Crippen LogP contribution >= 0.6 is 0 Å². The first kappa shape index (κ1) is 31.0. The van der Waals surface area contributed by atoms with Gasteiger partial charge in [0.1, 0.15) is 18.1 Å². The number of carbonyl (C=O) groups excluding carboxylic acids is 4. The van der Waals surface area contributed by atoms with Crippen LogP contribution < -0.4 is 33.6 Å². The number of hydrogen-bond donors (Lipinski definition) is 7. The van der Waals surface area contributed by atoms with Crippen molar-refractivity contribution in [2.45, 2.75) is 69.1 Å². The molecule has 14 nitrogen and oxygen atoms in total. The lowest BCUT2D eigenvalue weighted by molar-refractivity contribution is -0.149. The van der Waals surface area contributed by atoms with E-state index in [2.05, 4.69) is 15.6 Å². The van der Waals surface area contributed by atoms with Crippen LogP contribution in [0.25, 0.3) is 0 Å². The molecule has 39 heavy (non-hydrogen) atoms. The van der Waals surface area contributed by atoms with Crippen molar-refractivity contribution in [2.24, 2.45) is 27.9 Å². The number of amides is 4. The van der Waals surface area contributed by atoms with Crippen LogP contribution in [-0.2, 0) is 30.4 Å². The number of likely N-dealkylation sites (tertiary alicyclic amines) is 1. The highest BCUT2D eigenvalue weighted by Crippen LogP contribution is 2.20. The van der Waals surface area contributed by atoms with Crippen LogP contribution in [0, 0.1) is 0 Å². The highest BCUT2D eigenvalue weighted by Gasteiger charge is 2.38. The van der Waals surface area contributed by atoms with Crippen molar-refractivity contribution in [3.63, 3.8) is 0 Å². The summed E-state index contributed by atoms with van der Waals surface area (Å²) in [5, 5.41) is 14.8. The predicted molar refractivity (Wildman–Crippen MR) is 143 cm³/mol. The Hall–Kier alpha value is -4.20. The third-order valence-electron chi connectivity index (χ3n) is 6.33. The second-order valence-corrected chi connectivity index (χ2v) is 9.40. The SMILES string of the molecule is NC(=O)CCC(N)C(=O)NC(CCCN=C(N)N)C(=O)NC(Cc1ccccc1)C(=O)N1CCCC1C(=O)O. The lowest BCUT2D eigenvalue weighted by Crippen LogP contribution is -2.57. The molecular weight excluding hydrogens is 508 g/mol. The van der Waals surface area contributed by atoms with Gasteiger partial charge in [-0.25, -0.2) is 4.79 Å². The molecule has 1 aliphatic heterocycles. The lowest BCUT2D eigenvalue weighted by atomic mass is 10.0. The molecular formula is C25H38N8O6. The smallest absolute Gasteiger partial charge is 0.326 e. The van der Waals surface area contributed by atoms with Crippen LogP contribution in [0.2, 0.25) is 0 Å². The van der Waals surface area contributed by atoms with Crippen LogP contribution in [-0.4, -0.2) is 82.8 Å². The number of carboxylic acids is 1. The Morgan fingerprint density at radius 1 is 1.00 bits per heavy atom. The van der Waals surface area contributed by atoms with Gasteiger partial charge in [-0.05, 0) is 37.7 Å². The van der Waals surface area contributed by atoms with E-state index in [9.17, 15) is 29.1 Å². The molecule has 1 aromatic carbocycles. The fourth-order valence-electron chi connectivity index (χ4n) is 4.29. The Labute approximate surface area is 226 Å². The van der Waals surface area contributed by atoms with Crippen LogP contribution in [0.1, 0.15) is 44.1 Å². The summed E-state index contributed by atoms with van der Waals surface area (Å²) in [7, 11) is 0. The van der Waals surface area contributed by atoms with Gasteiger partial charge in [0.25, 0.3) is 0 Å². The van der Waals surface area contributed by atoms with Gasteiger partial charge in [0, 0.05) is 25.9 Å². The van der Waals surface area contributed by atoms with Crippen molar-refractivity contribution in [1.82, 2.24) is 15.5 Å². The van der Waals surface area contributed by atoms with E-state index in [-0.39, 0.29) is 44.7 Å². The fraction of sp³-hybridized carbons (Fsp3) is 0.520. The molecule has 14 heteroatoms. The minimum Gasteiger partial charge on any atom is -0.480 e. The number of hydrogen-bond acceptors (Lipinski definition) is 7. The Kier molecular flexibility index (Phi) is 12.1. The van der Waals surface area contributed by atoms with Crippen molar-refractivity contribution in [2.75, 3.05) is 13.1 Å². The van der Waals surface area contributed by atoms with E-state index >= 15 is 0 Å². The summed E-state index contributed by atoms with van der Waals surface area (Å²) in [6.07, 6.45) is 1.28. The van der Waals surface area contributed by atoms with E-state index < -0.39 is 53.8 Å².